The van der Waals surface area contributed by atoms with Crippen LogP contribution in [0.25, 0.3) is 0 Å². The van der Waals surface area contributed by atoms with Gasteiger partial charge in [0, 0.05) is 38.4 Å². The predicted octanol–water partition coefficient (Wildman–Crippen LogP) is 0.412. The monoisotopic (exact) mass is 306 g/mol. The second kappa shape index (κ2) is 6.38. The number of aliphatic hydroxyl groups is 1. The third-order valence-electron chi connectivity index (χ3n) is 4.92. The van der Waals surface area contributed by atoms with E-state index in [-0.39, 0.29) is 5.91 Å². The van der Waals surface area contributed by atoms with Crippen molar-refractivity contribution < 1.29 is 9.90 Å². The lowest BCUT2D eigenvalue weighted by atomic mass is 10.0. The van der Waals surface area contributed by atoms with Crippen LogP contribution in [-0.2, 0) is 18.3 Å². The molecular weight excluding hydrogens is 280 g/mol. The number of hydrogen-bond donors (Lipinski definition) is 1. The quantitative estimate of drug-likeness (QED) is 0.856. The number of amides is 1. The highest BCUT2D eigenvalue weighted by Crippen LogP contribution is 2.25. The zero-order valence-corrected chi connectivity index (χ0v) is 13.4. The first kappa shape index (κ1) is 15.5. The Hall–Kier alpha value is -1.40. The molecule has 1 atom stereocenters. The zero-order chi connectivity index (χ0) is 15.6. The van der Waals surface area contributed by atoms with Crippen molar-refractivity contribution in [2.24, 2.45) is 7.05 Å². The van der Waals surface area contributed by atoms with Gasteiger partial charge in [0.05, 0.1) is 12.1 Å². The molecule has 2 aliphatic rings. The van der Waals surface area contributed by atoms with E-state index in [0.29, 0.717) is 38.9 Å². The Labute approximate surface area is 131 Å². The highest BCUT2D eigenvalue weighted by atomic mass is 16.3. The van der Waals surface area contributed by atoms with Gasteiger partial charge in [-0.1, -0.05) is 0 Å². The third-order valence-corrected chi connectivity index (χ3v) is 4.92. The van der Waals surface area contributed by atoms with Crippen LogP contribution in [0, 0.1) is 0 Å². The topological polar surface area (TPSA) is 61.6 Å². The minimum Gasteiger partial charge on any atom is -0.387 e. The van der Waals surface area contributed by atoms with E-state index in [0.717, 1.165) is 18.8 Å². The van der Waals surface area contributed by atoms with Gasteiger partial charge in [0.25, 0.3) is 0 Å². The van der Waals surface area contributed by atoms with Gasteiger partial charge in [-0.3, -0.25) is 9.48 Å². The van der Waals surface area contributed by atoms with Gasteiger partial charge >= 0.3 is 0 Å². The van der Waals surface area contributed by atoms with Crippen molar-refractivity contribution in [2.45, 2.75) is 37.7 Å². The van der Waals surface area contributed by atoms with Crippen LogP contribution in [0.3, 0.4) is 0 Å². The molecule has 0 saturated carbocycles. The van der Waals surface area contributed by atoms with E-state index in [1.807, 2.05) is 18.0 Å². The van der Waals surface area contributed by atoms with E-state index in [2.05, 4.69) is 10.00 Å². The number of nitrogens with zero attached hydrogens (tertiary/aromatic N) is 4. The molecule has 6 nitrogen and oxygen atoms in total. The second-order valence-corrected chi connectivity index (χ2v) is 6.72. The number of rotatable bonds is 5. The molecule has 0 bridgehead atoms. The molecule has 2 fully saturated rings. The molecule has 0 aliphatic carbocycles. The molecule has 0 unspecified atom stereocenters. The van der Waals surface area contributed by atoms with Crippen molar-refractivity contribution in [3.05, 3.63) is 18.0 Å². The summed E-state index contributed by atoms with van der Waals surface area (Å²) in [7, 11) is 1.89. The average Bonchev–Trinajstić information content (AvgIpc) is 3.19. The van der Waals surface area contributed by atoms with Crippen molar-refractivity contribution in [2.75, 3.05) is 32.7 Å². The van der Waals surface area contributed by atoms with Gasteiger partial charge in [0.1, 0.15) is 0 Å². The fraction of sp³-hybridized carbons (Fsp3) is 0.750. The highest BCUT2D eigenvalue weighted by Gasteiger charge is 2.39. The Morgan fingerprint density at radius 3 is 2.82 bits per heavy atom. The summed E-state index contributed by atoms with van der Waals surface area (Å²) in [4.78, 5) is 16.5. The van der Waals surface area contributed by atoms with Crippen LogP contribution in [0.4, 0.5) is 0 Å². The minimum atomic E-state index is -0.716. The van der Waals surface area contributed by atoms with Gasteiger partial charge in [-0.2, -0.15) is 5.10 Å². The Morgan fingerprint density at radius 2 is 2.14 bits per heavy atom. The van der Waals surface area contributed by atoms with Crippen molar-refractivity contribution in [3.8, 4) is 0 Å². The third kappa shape index (κ3) is 3.50. The van der Waals surface area contributed by atoms with Gasteiger partial charge in [-0.25, -0.2) is 0 Å². The summed E-state index contributed by atoms with van der Waals surface area (Å²) in [6, 6.07) is 1.95. The molecule has 3 rings (SSSR count). The summed E-state index contributed by atoms with van der Waals surface area (Å²) < 4.78 is 1.81. The van der Waals surface area contributed by atoms with Crippen LogP contribution in [0.2, 0.25) is 0 Å². The van der Waals surface area contributed by atoms with E-state index in [1.165, 1.54) is 12.8 Å². The Bertz CT molecular complexity index is 524. The van der Waals surface area contributed by atoms with Crippen LogP contribution in [0.15, 0.2) is 12.3 Å². The van der Waals surface area contributed by atoms with E-state index in [4.69, 9.17) is 0 Å². The van der Waals surface area contributed by atoms with Gasteiger partial charge in [-0.05, 0) is 44.8 Å². The molecule has 0 spiro atoms. The van der Waals surface area contributed by atoms with Crippen molar-refractivity contribution in [1.29, 1.82) is 0 Å². The molecule has 2 saturated heterocycles. The van der Waals surface area contributed by atoms with E-state index in [9.17, 15) is 9.90 Å². The molecule has 0 radical (unpaired) electrons. The smallest absolute Gasteiger partial charge is 0.223 e. The molecule has 122 valence electrons. The summed E-state index contributed by atoms with van der Waals surface area (Å²) in [5, 5.41) is 14.8. The standard InChI is InChI=1S/C16H26N4O2/c1-18-14(6-8-17-18)4-5-15(21)20-11-7-16(22,13-20)12-19-9-2-3-10-19/h6,8,22H,2-5,7,9-13H2,1H3/t16-/m0/s1. The first-order valence-corrected chi connectivity index (χ1v) is 8.25. The molecule has 3 heterocycles. The van der Waals surface area contributed by atoms with Crippen LogP contribution in [0.1, 0.15) is 31.4 Å². The average molecular weight is 306 g/mol. The zero-order valence-electron chi connectivity index (χ0n) is 13.4. The van der Waals surface area contributed by atoms with E-state index < -0.39 is 5.60 Å². The summed E-state index contributed by atoms with van der Waals surface area (Å²) in [5.74, 6) is 0.138. The largest absolute Gasteiger partial charge is 0.387 e. The minimum absolute atomic E-state index is 0.138. The van der Waals surface area contributed by atoms with Gasteiger partial charge in [-0.15, -0.1) is 0 Å². The van der Waals surface area contributed by atoms with Crippen molar-refractivity contribution >= 4 is 5.91 Å². The normalized spacial score (nSPS) is 26.0. The number of likely N-dealkylation sites (tertiary alicyclic amines) is 2. The predicted molar refractivity (Wildman–Crippen MR) is 83.3 cm³/mol. The fourth-order valence-electron chi connectivity index (χ4n) is 3.60. The Balaban J connectivity index is 1.48. The molecule has 1 aromatic heterocycles. The van der Waals surface area contributed by atoms with Crippen molar-refractivity contribution in [1.82, 2.24) is 19.6 Å². The number of hydrogen-bond acceptors (Lipinski definition) is 4. The molecule has 1 aromatic rings. The maximum Gasteiger partial charge on any atom is 0.223 e. The molecule has 22 heavy (non-hydrogen) atoms. The summed E-state index contributed by atoms with van der Waals surface area (Å²) in [6.45, 7) is 4.02. The maximum atomic E-state index is 12.3. The van der Waals surface area contributed by atoms with E-state index in [1.54, 1.807) is 10.9 Å². The van der Waals surface area contributed by atoms with Crippen LogP contribution in [0.5, 0.6) is 0 Å². The molecule has 2 aliphatic heterocycles. The van der Waals surface area contributed by atoms with Crippen molar-refractivity contribution in [3.63, 3.8) is 0 Å². The van der Waals surface area contributed by atoms with Gasteiger partial charge in [0.2, 0.25) is 5.91 Å². The second-order valence-electron chi connectivity index (χ2n) is 6.72. The Kier molecular flexibility index (Phi) is 4.49. The highest BCUT2D eigenvalue weighted by molar-refractivity contribution is 5.76. The van der Waals surface area contributed by atoms with E-state index >= 15 is 0 Å². The maximum absolute atomic E-state index is 12.3. The molecule has 0 aromatic carbocycles. The lowest BCUT2D eigenvalue weighted by Gasteiger charge is -2.28. The first-order valence-electron chi connectivity index (χ1n) is 8.25. The molecule has 1 amide bonds. The van der Waals surface area contributed by atoms with Crippen LogP contribution >= 0.6 is 0 Å². The molecule has 1 N–H and O–H groups in total. The summed E-state index contributed by atoms with van der Waals surface area (Å²) >= 11 is 0. The van der Waals surface area contributed by atoms with Gasteiger partial charge < -0.3 is 14.9 Å². The molecule has 6 heteroatoms. The van der Waals surface area contributed by atoms with Crippen LogP contribution in [-0.4, -0.2) is 68.9 Å². The number of β-amino-alcohol motifs (C(OH)–C–C–N with tert-alkyl or cyclic N) is 1. The fourth-order valence-corrected chi connectivity index (χ4v) is 3.60. The van der Waals surface area contributed by atoms with Gasteiger partial charge in [0.15, 0.2) is 0 Å². The number of carbonyl (C=O) groups is 1. The number of carbonyl (C=O) groups excluding carboxylic acids is 1. The number of aromatic nitrogens is 2. The summed E-state index contributed by atoms with van der Waals surface area (Å²) in [6.07, 6.45) is 6.09. The SMILES string of the molecule is Cn1nccc1CCC(=O)N1CC[C@](O)(CN2CCCC2)C1. The summed E-state index contributed by atoms with van der Waals surface area (Å²) in [5.41, 5.74) is 0.354. The lowest BCUT2D eigenvalue weighted by molar-refractivity contribution is -0.131. The first-order chi connectivity index (χ1) is 10.6. The van der Waals surface area contributed by atoms with Crippen LogP contribution < -0.4 is 0 Å². The lowest BCUT2D eigenvalue weighted by Crippen LogP contribution is -2.45. The Morgan fingerprint density at radius 1 is 1.36 bits per heavy atom. The molecular formula is C16H26N4O2. The number of aryl methyl sites for hydroxylation is 2.